The van der Waals surface area contributed by atoms with Gasteiger partial charge in [-0.15, -0.1) is 0 Å². The number of hydrogen-bond acceptors (Lipinski definition) is 7. The van der Waals surface area contributed by atoms with E-state index in [1.165, 1.54) is 11.3 Å². The maximum Gasteiger partial charge on any atom is 0.280 e. The molecule has 0 aliphatic carbocycles. The normalized spacial score (nSPS) is 10.2. The van der Waals surface area contributed by atoms with E-state index in [1.54, 1.807) is 13.4 Å². The highest BCUT2D eigenvalue weighted by molar-refractivity contribution is 7.11. The summed E-state index contributed by atoms with van der Waals surface area (Å²) in [7, 11) is 1.61. The highest BCUT2D eigenvalue weighted by Crippen LogP contribution is 2.32. The number of ether oxygens (including phenoxy) is 2. The molecule has 144 valence electrons. The first-order valence-corrected chi connectivity index (χ1v) is 9.90. The third-order valence-corrected chi connectivity index (χ3v) is 4.77. The van der Waals surface area contributed by atoms with Crippen LogP contribution >= 0.6 is 11.3 Å². The zero-order valence-corrected chi connectivity index (χ0v) is 16.6. The largest absolute Gasteiger partial charge is 0.493 e. The highest BCUT2D eigenvalue weighted by Gasteiger charge is 2.07. The Kier molecular flexibility index (Phi) is 5.84. The zero-order chi connectivity index (χ0) is 19.9. The monoisotopic (exact) mass is 402 g/mol. The first-order chi connectivity index (χ1) is 14.3. The predicted molar refractivity (Wildman–Crippen MR) is 115 cm³/mol. The Labute approximate surface area is 172 Å². The van der Waals surface area contributed by atoms with Crippen LogP contribution in [0.15, 0.2) is 60.2 Å². The molecular weight excluding hydrogens is 384 g/mol. The fourth-order valence-electron chi connectivity index (χ4n) is 2.70. The number of anilines is 1. The van der Waals surface area contributed by atoms with Crippen LogP contribution in [-0.2, 0) is 0 Å². The van der Waals surface area contributed by atoms with E-state index in [4.69, 9.17) is 9.47 Å². The molecular formula is C22H18N4O2S. The minimum Gasteiger partial charge on any atom is -0.493 e. The number of methoxy groups -OCH3 is 1. The van der Waals surface area contributed by atoms with Gasteiger partial charge in [0.2, 0.25) is 0 Å². The highest BCUT2D eigenvalue weighted by atomic mass is 32.1. The van der Waals surface area contributed by atoms with Crippen molar-refractivity contribution in [3.8, 4) is 28.5 Å². The molecule has 0 saturated carbocycles. The fourth-order valence-corrected chi connectivity index (χ4v) is 3.31. The van der Waals surface area contributed by atoms with Gasteiger partial charge in [0.1, 0.15) is 17.8 Å². The summed E-state index contributed by atoms with van der Waals surface area (Å²) in [6.45, 7) is 0.683. The van der Waals surface area contributed by atoms with Gasteiger partial charge < -0.3 is 14.8 Å². The summed E-state index contributed by atoms with van der Waals surface area (Å²) >= 11 is 1.40. The lowest BCUT2D eigenvalue weighted by atomic mass is 10.2. The van der Waals surface area contributed by atoms with E-state index in [0.29, 0.717) is 35.4 Å². The second kappa shape index (κ2) is 9.04. The van der Waals surface area contributed by atoms with Gasteiger partial charge >= 0.3 is 0 Å². The maximum absolute atomic E-state index is 5.80. The van der Waals surface area contributed by atoms with Crippen LogP contribution in [0.3, 0.4) is 0 Å². The molecule has 0 amide bonds. The van der Waals surface area contributed by atoms with Gasteiger partial charge in [-0.05, 0) is 30.2 Å². The van der Waals surface area contributed by atoms with Crippen molar-refractivity contribution < 1.29 is 9.47 Å². The summed E-state index contributed by atoms with van der Waals surface area (Å²) in [6.07, 6.45) is 2.23. The molecule has 6 nitrogen and oxygen atoms in total. The zero-order valence-electron chi connectivity index (χ0n) is 15.8. The standard InChI is InChI=1S/C22H18N4O2S/c1-27-19-11-4-5-12-20(19)28-22-26-16(14-29-22)8-6-7-13-23-21-17-9-2-3-10-18(17)24-15-25-21/h2-5,9-12,14-15H,7,13H2,1H3,(H,23,24,25). The Balaban J connectivity index is 1.33. The van der Waals surface area contributed by atoms with Gasteiger partial charge in [-0.1, -0.05) is 41.5 Å². The maximum atomic E-state index is 5.80. The molecule has 4 aromatic rings. The fraction of sp³-hybridized carbons (Fsp3) is 0.136. The molecule has 0 radical (unpaired) electrons. The Morgan fingerprint density at radius 1 is 1.03 bits per heavy atom. The number of nitrogens with zero attached hydrogens (tertiary/aromatic N) is 3. The predicted octanol–water partition coefficient (Wildman–Crippen LogP) is 4.74. The molecule has 0 unspecified atom stereocenters. The number of rotatable bonds is 6. The van der Waals surface area contributed by atoms with Crippen LogP contribution in [0.25, 0.3) is 10.9 Å². The average molecular weight is 402 g/mol. The van der Waals surface area contributed by atoms with Gasteiger partial charge in [0.15, 0.2) is 11.5 Å². The molecule has 1 N–H and O–H groups in total. The molecule has 29 heavy (non-hydrogen) atoms. The van der Waals surface area contributed by atoms with Crippen LogP contribution in [0.4, 0.5) is 5.82 Å². The summed E-state index contributed by atoms with van der Waals surface area (Å²) in [5.74, 6) is 8.31. The van der Waals surface area contributed by atoms with Crippen molar-refractivity contribution in [1.82, 2.24) is 15.0 Å². The third kappa shape index (κ3) is 4.62. The third-order valence-electron chi connectivity index (χ3n) is 4.05. The Morgan fingerprint density at radius 3 is 2.76 bits per heavy atom. The SMILES string of the molecule is COc1ccccc1Oc1nc(C#CCCNc2ncnc3ccccc23)cs1. The van der Waals surface area contributed by atoms with Crippen LogP contribution in [0, 0.1) is 11.8 Å². The van der Waals surface area contributed by atoms with Gasteiger partial charge in [0, 0.05) is 23.7 Å². The molecule has 2 aromatic carbocycles. The van der Waals surface area contributed by atoms with E-state index in [9.17, 15) is 0 Å². The lowest BCUT2D eigenvalue weighted by molar-refractivity contribution is 0.378. The Hall–Kier alpha value is -3.63. The van der Waals surface area contributed by atoms with Crippen molar-refractivity contribution in [3.05, 3.63) is 65.9 Å². The second-order valence-corrected chi connectivity index (χ2v) is 6.79. The van der Waals surface area contributed by atoms with Crippen LogP contribution in [0.1, 0.15) is 12.1 Å². The first kappa shape index (κ1) is 18.7. The summed E-state index contributed by atoms with van der Waals surface area (Å²) in [4.78, 5) is 13.0. The van der Waals surface area contributed by atoms with E-state index >= 15 is 0 Å². The van der Waals surface area contributed by atoms with Crippen LogP contribution in [0.2, 0.25) is 0 Å². The summed E-state index contributed by atoms with van der Waals surface area (Å²) in [6, 6.07) is 15.4. The molecule has 0 fully saturated rings. The van der Waals surface area contributed by atoms with Gasteiger partial charge in [0.25, 0.3) is 5.19 Å². The minimum atomic E-state index is 0.532. The van der Waals surface area contributed by atoms with E-state index in [0.717, 1.165) is 16.7 Å². The van der Waals surface area contributed by atoms with Crippen LogP contribution in [-0.4, -0.2) is 28.6 Å². The molecule has 4 rings (SSSR count). The first-order valence-electron chi connectivity index (χ1n) is 9.02. The average Bonchev–Trinajstić information content (AvgIpc) is 3.21. The number of para-hydroxylation sites is 3. The molecule has 0 spiro atoms. The number of thiazole rings is 1. The summed E-state index contributed by atoms with van der Waals surface area (Å²) in [5, 5.41) is 6.72. The van der Waals surface area contributed by atoms with Crippen molar-refractivity contribution >= 4 is 28.1 Å². The molecule has 2 aromatic heterocycles. The second-order valence-electron chi connectivity index (χ2n) is 5.97. The summed E-state index contributed by atoms with van der Waals surface area (Å²) in [5.41, 5.74) is 1.61. The minimum absolute atomic E-state index is 0.532. The molecule has 0 saturated heterocycles. The van der Waals surface area contributed by atoms with Gasteiger partial charge in [0.05, 0.1) is 12.6 Å². The smallest absolute Gasteiger partial charge is 0.280 e. The van der Waals surface area contributed by atoms with Crippen LogP contribution in [0.5, 0.6) is 16.7 Å². The van der Waals surface area contributed by atoms with E-state index in [-0.39, 0.29) is 0 Å². The quantitative estimate of drug-likeness (QED) is 0.371. The number of nitrogens with one attached hydrogen (secondary N) is 1. The van der Waals surface area contributed by atoms with E-state index in [1.807, 2.05) is 53.9 Å². The molecule has 0 bridgehead atoms. The van der Waals surface area contributed by atoms with Crippen LogP contribution < -0.4 is 14.8 Å². The van der Waals surface area contributed by atoms with Crippen molar-refractivity contribution in [2.45, 2.75) is 6.42 Å². The van der Waals surface area contributed by atoms with Crippen molar-refractivity contribution in [2.24, 2.45) is 0 Å². The van der Waals surface area contributed by atoms with Gasteiger partial charge in [-0.3, -0.25) is 0 Å². The molecule has 0 aliphatic rings. The molecule has 2 heterocycles. The number of aromatic nitrogens is 3. The number of fused-ring (bicyclic) bond motifs is 1. The Morgan fingerprint density at radius 2 is 1.86 bits per heavy atom. The lowest BCUT2D eigenvalue weighted by Gasteiger charge is -2.06. The van der Waals surface area contributed by atoms with Gasteiger partial charge in [-0.2, -0.15) is 4.98 Å². The van der Waals surface area contributed by atoms with Gasteiger partial charge in [-0.25, -0.2) is 9.97 Å². The number of benzene rings is 2. The topological polar surface area (TPSA) is 69.2 Å². The lowest BCUT2D eigenvalue weighted by Crippen LogP contribution is -2.03. The Bertz CT molecular complexity index is 1170. The van der Waals surface area contributed by atoms with Crippen molar-refractivity contribution in [2.75, 3.05) is 19.0 Å². The van der Waals surface area contributed by atoms with Crippen molar-refractivity contribution in [1.29, 1.82) is 0 Å². The molecule has 7 heteroatoms. The number of hydrogen-bond donors (Lipinski definition) is 1. The van der Waals surface area contributed by atoms with E-state index in [2.05, 4.69) is 32.1 Å². The molecule has 0 aliphatic heterocycles. The van der Waals surface area contributed by atoms with E-state index < -0.39 is 0 Å². The summed E-state index contributed by atoms with van der Waals surface area (Å²) < 4.78 is 11.1. The molecule has 0 atom stereocenters. The van der Waals surface area contributed by atoms with Crippen molar-refractivity contribution in [3.63, 3.8) is 0 Å².